The lowest BCUT2D eigenvalue weighted by Gasteiger charge is -2.42. The van der Waals surface area contributed by atoms with Gasteiger partial charge in [0.1, 0.15) is 23.1 Å². The molecule has 65 heavy (non-hydrogen) atoms. The number of nitrogens with zero attached hydrogens (tertiary/aromatic N) is 4. The average molecular weight is 956 g/mol. The first kappa shape index (κ1) is 49.4. The predicted molar refractivity (Wildman–Crippen MR) is 232 cm³/mol. The van der Waals surface area contributed by atoms with Crippen LogP contribution < -0.4 is 19.3 Å². The molecule has 0 saturated carbocycles. The van der Waals surface area contributed by atoms with E-state index in [0.29, 0.717) is 37.4 Å². The van der Waals surface area contributed by atoms with Crippen LogP contribution in [0.15, 0.2) is 73.1 Å². The summed E-state index contributed by atoms with van der Waals surface area (Å²) < 4.78 is 115. The molecule has 2 aliphatic rings. The molecule has 19 heteroatoms. The van der Waals surface area contributed by atoms with Crippen molar-refractivity contribution in [2.45, 2.75) is 81.8 Å². The highest BCUT2D eigenvalue weighted by molar-refractivity contribution is 6.32. The summed E-state index contributed by atoms with van der Waals surface area (Å²) >= 11 is 13.0. The van der Waals surface area contributed by atoms with E-state index in [-0.39, 0.29) is 77.2 Å². The maximum absolute atomic E-state index is 16.2. The first-order chi connectivity index (χ1) is 30.7. The van der Waals surface area contributed by atoms with Gasteiger partial charge in [0.15, 0.2) is 5.60 Å². The number of anilines is 2. The van der Waals surface area contributed by atoms with E-state index in [9.17, 15) is 27.9 Å². The number of methoxy groups -OCH3 is 2. The van der Waals surface area contributed by atoms with Crippen molar-refractivity contribution in [2.75, 3.05) is 56.8 Å². The van der Waals surface area contributed by atoms with Crippen LogP contribution in [0.1, 0.15) is 80.5 Å². The van der Waals surface area contributed by atoms with E-state index in [1.54, 1.807) is 16.7 Å². The highest BCUT2D eigenvalue weighted by atomic mass is 35.5. The summed E-state index contributed by atoms with van der Waals surface area (Å²) in [5.41, 5.74) is -7.62. The van der Waals surface area contributed by atoms with Crippen molar-refractivity contribution >= 4 is 46.8 Å². The number of hydrogen-bond acceptors (Lipinski definition) is 11. The number of benzene rings is 2. The van der Waals surface area contributed by atoms with E-state index in [2.05, 4.69) is 9.97 Å². The van der Waals surface area contributed by atoms with Crippen LogP contribution in [0.3, 0.4) is 0 Å². The Morgan fingerprint density at radius 1 is 0.692 bits per heavy atom. The number of rotatable bonds is 14. The molecule has 1 N–H and O–H groups in total. The van der Waals surface area contributed by atoms with Crippen LogP contribution in [-0.4, -0.2) is 86.4 Å². The van der Waals surface area contributed by atoms with Crippen molar-refractivity contribution in [3.63, 3.8) is 0 Å². The molecule has 0 aliphatic carbocycles. The van der Waals surface area contributed by atoms with Crippen molar-refractivity contribution in [2.24, 2.45) is 11.8 Å². The molecule has 352 valence electrons. The quantitative estimate of drug-likeness (QED) is 0.0960. The van der Waals surface area contributed by atoms with Crippen LogP contribution in [0.25, 0.3) is 0 Å². The van der Waals surface area contributed by atoms with E-state index in [0.717, 1.165) is 24.4 Å². The molecule has 6 rings (SSSR count). The van der Waals surface area contributed by atoms with Gasteiger partial charge in [0, 0.05) is 66.0 Å². The molecule has 0 amide bonds. The zero-order chi connectivity index (χ0) is 47.5. The molecule has 4 aromatic rings. The maximum Gasteiger partial charge on any atom is 0.433 e. The molecular weight excluding hydrogens is 905 g/mol. The summed E-state index contributed by atoms with van der Waals surface area (Å²) in [6, 6.07) is 12.9. The van der Waals surface area contributed by atoms with Gasteiger partial charge in [-0.15, -0.1) is 0 Å². The number of alkyl halides is 6. The molecule has 2 aromatic carbocycles. The number of piperidine rings is 2. The van der Waals surface area contributed by atoms with Gasteiger partial charge in [-0.3, -0.25) is 9.59 Å². The van der Waals surface area contributed by atoms with Gasteiger partial charge in [-0.25, -0.2) is 9.97 Å². The summed E-state index contributed by atoms with van der Waals surface area (Å²) in [6.45, 7) is 5.01. The van der Waals surface area contributed by atoms with Crippen molar-refractivity contribution in [3.8, 4) is 11.5 Å². The second kappa shape index (κ2) is 19.8. The van der Waals surface area contributed by atoms with Gasteiger partial charge in [0.2, 0.25) is 5.60 Å². The minimum Gasteiger partial charge on any atom is -0.497 e. The second-order valence-electron chi connectivity index (χ2n) is 16.2. The summed E-state index contributed by atoms with van der Waals surface area (Å²) in [6.07, 6.45) is -7.38. The topological polar surface area (TPSA) is 124 Å². The minimum absolute atomic E-state index is 0.000561. The van der Waals surface area contributed by atoms with Gasteiger partial charge >= 0.3 is 24.3 Å². The molecule has 4 atom stereocenters. The third kappa shape index (κ3) is 9.92. The van der Waals surface area contributed by atoms with Crippen molar-refractivity contribution < 1.29 is 60.0 Å². The van der Waals surface area contributed by atoms with Crippen molar-refractivity contribution in [1.82, 2.24) is 9.97 Å². The van der Waals surface area contributed by atoms with Crippen molar-refractivity contribution in [3.05, 3.63) is 105 Å². The summed E-state index contributed by atoms with van der Waals surface area (Å²) in [5.74, 6) is -5.30. The van der Waals surface area contributed by atoms with Gasteiger partial charge in [-0.05, 0) is 97.8 Å². The summed E-state index contributed by atoms with van der Waals surface area (Å²) in [5, 5.41) is 11.5. The second-order valence-corrected chi connectivity index (χ2v) is 17.0. The number of ether oxygens (including phenoxy) is 4. The maximum atomic E-state index is 16.2. The summed E-state index contributed by atoms with van der Waals surface area (Å²) in [7, 11) is 2.76. The number of halogens is 8. The molecular formula is C46H50Cl2F6N4O7. The van der Waals surface area contributed by atoms with Gasteiger partial charge in [-0.2, -0.15) is 26.3 Å². The molecule has 2 aromatic heterocycles. The van der Waals surface area contributed by atoms with Gasteiger partial charge in [-0.1, -0.05) is 49.2 Å². The number of carbonyl (C=O) groups is 2. The number of pyridine rings is 2. The van der Waals surface area contributed by atoms with Crippen LogP contribution in [-0.2, 0) is 30.3 Å². The molecule has 0 spiro atoms. The van der Waals surface area contributed by atoms with E-state index in [1.165, 1.54) is 76.7 Å². The van der Waals surface area contributed by atoms with E-state index in [1.807, 2.05) is 0 Å². The van der Waals surface area contributed by atoms with Crippen LogP contribution >= 0.6 is 23.2 Å². The fourth-order valence-electron chi connectivity index (χ4n) is 8.78. The normalized spacial score (nSPS) is 18.2. The SMILES string of the molecule is CCOC(=O)C1CCN(c2cc(C(OC(=O)C3CCN(c4cc(C(O)(C(C)c5ccc(OC)cc5Cl)C(F)(F)F)ccn4)CC3)(C(C)c3ccc(OC)cc3Cl)C(F)(F)F)ccn2)CC1. The fraction of sp³-hybridized carbons (Fsp3) is 0.478. The zero-order valence-electron chi connectivity index (χ0n) is 36.3. The Hall–Kier alpha value is -5.00. The largest absolute Gasteiger partial charge is 0.497 e. The Labute approximate surface area is 382 Å². The first-order valence-electron chi connectivity index (χ1n) is 21.0. The lowest BCUT2D eigenvalue weighted by atomic mass is 9.77. The lowest BCUT2D eigenvalue weighted by molar-refractivity contribution is -0.285. The Bertz CT molecular complexity index is 2320. The minimum atomic E-state index is -5.23. The number of aliphatic hydroxyl groups is 1. The summed E-state index contributed by atoms with van der Waals surface area (Å²) in [4.78, 5) is 38.6. The third-order valence-corrected chi connectivity index (χ3v) is 13.3. The Morgan fingerprint density at radius 2 is 1.14 bits per heavy atom. The van der Waals surface area contributed by atoms with Gasteiger partial charge in [0.05, 0.1) is 32.7 Å². The molecule has 2 fully saturated rings. The molecule has 0 bridgehead atoms. The lowest BCUT2D eigenvalue weighted by Crippen LogP contribution is -2.52. The molecule has 0 radical (unpaired) electrons. The zero-order valence-corrected chi connectivity index (χ0v) is 37.8. The molecule has 4 heterocycles. The standard InChI is InChI=1S/C46H50Cl2F6N4O7/c1-6-64-41(59)29-13-19-58(20-14-29)40-24-32(12-18-56-40)44(46(52,53)54,28(3)36-10-8-34(63-5)26-38(36)48)65-42(60)30-15-21-57(22-16-30)39-23-31(11-17-55-39)43(61,45(49,50)51)27(2)35-9-7-33(62-4)25-37(35)47/h7-12,17-18,23-30,61H,6,13-16,19-22H2,1-5H3. The predicted octanol–water partition coefficient (Wildman–Crippen LogP) is 10.2. The van der Waals surface area contributed by atoms with E-state index >= 15 is 13.2 Å². The Balaban J connectivity index is 1.28. The van der Waals surface area contributed by atoms with Crippen molar-refractivity contribution in [1.29, 1.82) is 0 Å². The molecule has 2 aliphatic heterocycles. The van der Waals surface area contributed by atoms with Crippen LogP contribution in [0.4, 0.5) is 38.0 Å². The fourth-order valence-corrected chi connectivity index (χ4v) is 9.45. The number of hydrogen-bond donors (Lipinski definition) is 1. The highest BCUT2D eigenvalue weighted by Gasteiger charge is 2.64. The Kier molecular flexibility index (Phi) is 15.1. The smallest absolute Gasteiger partial charge is 0.433 e. The average Bonchev–Trinajstić information content (AvgIpc) is 3.29. The first-order valence-corrected chi connectivity index (χ1v) is 21.8. The number of aromatic nitrogens is 2. The van der Waals surface area contributed by atoms with Gasteiger partial charge in [0.25, 0.3) is 0 Å². The van der Waals surface area contributed by atoms with Crippen LogP contribution in [0, 0.1) is 11.8 Å². The van der Waals surface area contributed by atoms with Crippen LogP contribution in [0.2, 0.25) is 10.0 Å². The Morgan fingerprint density at radius 3 is 1.57 bits per heavy atom. The highest BCUT2D eigenvalue weighted by Crippen LogP contribution is 2.54. The molecule has 4 unspecified atom stereocenters. The third-order valence-electron chi connectivity index (χ3n) is 12.7. The molecule has 2 saturated heterocycles. The molecule has 11 nitrogen and oxygen atoms in total. The monoisotopic (exact) mass is 954 g/mol. The van der Waals surface area contributed by atoms with E-state index < -0.39 is 58.4 Å². The number of esters is 2. The van der Waals surface area contributed by atoms with E-state index in [4.69, 9.17) is 42.1 Å². The van der Waals surface area contributed by atoms with Gasteiger partial charge < -0.3 is 33.9 Å². The number of carbonyl (C=O) groups excluding carboxylic acids is 2. The van der Waals surface area contributed by atoms with Crippen LogP contribution in [0.5, 0.6) is 11.5 Å².